The maximum atomic E-state index is 10.5. The second-order valence-electron chi connectivity index (χ2n) is 6.51. The van der Waals surface area contributed by atoms with Gasteiger partial charge in [-0.05, 0) is 50.9 Å². The lowest BCUT2D eigenvalue weighted by Crippen LogP contribution is -2.27. The molecule has 1 N–H and O–H groups in total. The minimum Gasteiger partial charge on any atom is -0.481 e. The molecule has 0 saturated carbocycles. The molecule has 1 saturated heterocycles. The Morgan fingerprint density at radius 2 is 1.96 bits per heavy atom. The number of ether oxygens (including phenoxy) is 1. The van der Waals surface area contributed by atoms with Gasteiger partial charge in [0.25, 0.3) is 0 Å². The first-order valence-corrected chi connectivity index (χ1v) is 9.39. The van der Waals surface area contributed by atoms with Gasteiger partial charge < -0.3 is 9.84 Å². The van der Waals surface area contributed by atoms with E-state index in [4.69, 9.17) is 9.84 Å². The summed E-state index contributed by atoms with van der Waals surface area (Å²) in [5, 5.41) is 8.61. The van der Waals surface area contributed by atoms with Gasteiger partial charge in [0.15, 0.2) is 0 Å². The lowest BCUT2D eigenvalue weighted by atomic mass is 9.90. The van der Waals surface area contributed by atoms with Gasteiger partial charge in [0.1, 0.15) is 0 Å². The minimum absolute atomic E-state index is 0.263. The van der Waals surface area contributed by atoms with E-state index in [1.807, 2.05) is 0 Å². The van der Waals surface area contributed by atoms with Crippen LogP contribution in [0.15, 0.2) is 24.3 Å². The van der Waals surface area contributed by atoms with E-state index in [1.54, 1.807) is 0 Å². The van der Waals surface area contributed by atoms with Gasteiger partial charge in [0.2, 0.25) is 0 Å². The number of carboxylic acid groups (broad SMARTS) is 1. The summed E-state index contributed by atoms with van der Waals surface area (Å²) in [6, 6.07) is 0. The van der Waals surface area contributed by atoms with E-state index in [0.717, 1.165) is 38.7 Å². The third kappa shape index (κ3) is 10.3. The van der Waals surface area contributed by atoms with E-state index in [9.17, 15) is 4.79 Å². The maximum absolute atomic E-state index is 10.5. The van der Waals surface area contributed by atoms with Crippen molar-refractivity contribution in [3.63, 3.8) is 0 Å². The summed E-state index contributed by atoms with van der Waals surface area (Å²) in [7, 11) is 0. The molecule has 1 aliphatic heterocycles. The highest BCUT2D eigenvalue weighted by atomic mass is 16.5. The minimum atomic E-state index is -0.705. The number of carboxylic acids is 1. The molecule has 0 aliphatic carbocycles. The van der Waals surface area contributed by atoms with Gasteiger partial charge in [-0.1, -0.05) is 50.5 Å². The van der Waals surface area contributed by atoms with E-state index < -0.39 is 5.97 Å². The molecule has 0 aromatic carbocycles. The maximum Gasteiger partial charge on any atom is 0.303 e. The van der Waals surface area contributed by atoms with Crippen molar-refractivity contribution in [2.45, 2.75) is 83.7 Å². The molecule has 23 heavy (non-hydrogen) atoms. The van der Waals surface area contributed by atoms with Crippen molar-refractivity contribution in [1.82, 2.24) is 0 Å². The number of aliphatic carboxylic acids is 1. The Kier molecular flexibility index (Phi) is 11.6. The smallest absolute Gasteiger partial charge is 0.303 e. The van der Waals surface area contributed by atoms with Crippen molar-refractivity contribution in [3.05, 3.63) is 24.3 Å². The van der Waals surface area contributed by atoms with E-state index in [-0.39, 0.29) is 12.5 Å². The number of allylic oxidation sites excluding steroid dienone is 3. The van der Waals surface area contributed by atoms with E-state index in [0.29, 0.717) is 5.92 Å². The molecule has 1 rings (SSSR count). The zero-order valence-corrected chi connectivity index (χ0v) is 14.7. The molecule has 3 heteroatoms. The molecule has 0 bridgehead atoms. The summed E-state index contributed by atoms with van der Waals surface area (Å²) in [6.45, 7) is 3.12. The molecule has 132 valence electrons. The fraction of sp³-hybridized carbons (Fsp3) is 0.750. The lowest BCUT2D eigenvalue weighted by Gasteiger charge is -2.29. The summed E-state index contributed by atoms with van der Waals surface area (Å²) in [5.41, 5.74) is 0. The third-order valence-electron chi connectivity index (χ3n) is 4.41. The summed E-state index contributed by atoms with van der Waals surface area (Å²) < 4.78 is 5.93. The Labute approximate surface area is 141 Å². The molecule has 0 aromatic heterocycles. The van der Waals surface area contributed by atoms with Crippen LogP contribution in [0.1, 0.15) is 77.6 Å². The van der Waals surface area contributed by atoms with Gasteiger partial charge in [-0.25, -0.2) is 0 Å². The van der Waals surface area contributed by atoms with Crippen molar-refractivity contribution < 1.29 is 14.6 Å². The van der Waals surface area contributed by atoms with Crippen LogP contribution >= 0.6 is 0 Å². The lowest BCUT2D eigenvalue weighted by molar-refractivity contribution is -0.137. The average molecular weight is 322 g/mol. The van der Waals surface area contributed by atoms with Gasteiger partial charge in [-0.15, -0.1) is 0 Å². The zero-order valence-electron chi connectivity index (χ0n) is 14.7. The predicted octanol–water partition coefficient (Wildman–Crippen LogP) is 5.51. The number of hydrogen-bond donors (Lipinski definition) is 1. The van der Waals surface area contributed by atoms with Gasteiger partial charge in [0.05, 0.1) is 6.10 Å². The van der Waals surface area contributed by atoms with Gasteiger partial charge >= 0.3 is 5.97 Å². The highest BCUT2D eigenvalue weighted by Gasteiger charge is 2.22. The number of unbranched alkanes of at least 4 members (excludes halogenated alkanes) is 5. The van der Waals surface area contributed by atoms with Gasteiger partial charge in [0, 0.05) is 13.0 Å². The van der Waals surface area contributed by atoms with Crippen LogP contribution in [-0.4, -0.2) is 23.8 Å². The number of carbonyl (C=O) groups is 1. The van der Waals surface area contributed by atoms with Crippen LogP contribution in [0.3, 0.4) is 0 Å². The summed E-state index contributed by atoms with van der Waals surface area (Å²) in [5.74, 6) is -0.130. The third-order valence-corrected chi connectivity index (χ3v) is 4.41. The molecular weight excluding hydrogens is 288 g/mol. The van der Waals surface area contributed by atoms with Crippen LogP contribution < -0.4 is 0 Å². The first-order chi connectivity index (χ1) is 11.2. The molecule has 1 unspecified atom stereocenters. The van der Waals surface area contributed by atoms with Crippen LogP contribution in [0, 0.1) is 5.92 Å². The zero-order chi connectivity index (χ0) is 16.8. The quantitative estimate of drug-likeness (QED) is 0.381. The molecule has 1 fully saturated rings. The van der Waals surface area contributed by atoms with Crippen molar-refractivity contribution in [1.29, 1.82) is 0 Å². The van der Waals surface area contributed by atoms with E-state index >= 15 is 0 Å². The molecule has 1 aliphatic rings. The standard InChI is InChI=1S/C20H34O3/c1-2-3-4-5-6-10-15-19-18(14-12-17-23-19)13-9-7-8-11-16-20(21)22/h7,9-10,15,18-19H,2-6,8,11-14,16-17H2,1H3,(H,21,22)/b9-7-,15-10+/t18?,19-/m1/s1. The second kappa shape index (κ2) is 13.4. The molecule has 1 heterocycles. The van der Waals surface area contributed by atoms with Crippen molar-refractivity contribution in [2.75, 3.05) is 6.61 Å². The number of rotatable bonds is 12. The van der Waals surface area contributed by atoms with E-state index in [2.05, 4.69) is 31.2 Å². The molecule has 3 nitrogen and oxygen atoms in total. The average Bonchev–Trinajstić information content (AvgIpc) is 2.55. The Morgan fingerprint density at radius 1 is 1.13 bits per heavy atom. The highest BCUT2D eigenvalue weighted by Crippen LogP contribution is 2.25. The first kappa shape index (κ1) is 20.0. The monoisotopic (exact) mass is 322 g/mol. The topological polar surface area (TPSA) is 46.5 Å². The Balaban J connectivity index is 2.23. The molecule has 0 spiro atoms. The predicted molar refractivity (Wildman–Crippen MR) is 95.6 cm³/mol. The Hall–Kier alpha value is -1.09. The van der Waals surface area contributed by atoms with Crippen LogP contribution in [0.2, 0.25) is 0 Å². The van der Waals surface area contributed by atoms with Crippen molar-refractivity contribution >= 4 is 5.97 Å². The first-order valence-electron chi connectivity index (χ1n) is 9.39. The second-order valence-corrected chi connectivity index (χ2v) is 6.51. The van der Waals surface area contributed by atoms with Gasteiger partial charge in [-0.2, -0.15) is 0 Å². The fourth-order valence-electron chi connectivity index (χ4n) is 3.01. The molecular formula is C20H34O3. The van der Waals surface area contributed by atoms with Crippen LogP contribution in [0.25, 0.3) is 0 Å². The number of hydrogen-bond acceptors (Lipinski definition) is 2. The van der Waals surface area contributed by atoms with Crippen LogP contribution in [-0.2, 0) is 9.53 Å². The Morgan fingerprint density at radius 3 is 2.74 bits per heavy atom. The summed E-state index contributed by atoms with van der Waals surface area (Å²) in [4.78, 5) is 10.5. The van der Waals surface area contributed by atoms with E-state index in [1.165, 1.54) is 32.1 Å². The summed E-state index contributed by atoms with van der Waals surface area (Å²) >= 11 is 0. The fourth-order valence-corrected chi connectivity index (χ4v) is 3.01. The van der Waals surface area contributed by atoms with Gasteiger partial charge in [-0.3, -0.25) is 4.79 Å². The summed E-state index contributed by atoms with van der Waals surface area (Å²) in [6.07, 6.45) is 20.8. The van der Waals surface area contributed by atoms with Crippen molar-refractivity contribution in [3.8, 4) is 0 Å². The van der Waals surface area contributed by atoms with Crippen LogP contribution in [0.4, 0.5) is 0 Å². The Bertz CT molecular complexity index is 360. The SMILES string of the molecule is CCCCCC/C=C/[C@H]1OCCCC1C/C=C\CCCC(=O)O. The molecule has 2 atom stereocenters. The highest BCUT2D eigenvalue weighted by molar-refractivity contribution is 5.66. The largest absolute Gasteiger partial charge is 0.481 e. The molecule has 0 aromatic rings. The van der Waals surface area contributed by atoms with Crippen molar-refractivity contribution in [2.24, 2.45) is 5.92 Å². The van der Waals surface area contributed by atoms with Crippen LogP contribution in [0.5, 0.6) is 0 Å². The normalized spacial score (nSPS) is 22.1. The molecule has 0 radical (unpaired) electrons. The molecule has 0 amide bonds.